The second-order valence-electron chi connectivity index (χ2n) is 6.24. The fourth-order valence-electron chi connectivity index (χ4n) is 3.60. The van der Waals surface area contributed by atoms with Gasteiger partial charge in [0.05, 0.1) is 6.54 Å². The van der Waals surface area contributed by atoms with E-state index in [0.29, 0.717) is 12.5 Å². The monoisotopic (exact) mass is 291 g/mol. The summed E-state index contributed by atoms with van der Waals surface area (Å²) < 4.78 is 13.5. The number of hydrogen-bond donors (Lipinski definition) is 1. The number of amides is 1. The molecule has 5 heteroatoms. The molecule has 1 aromatic carbocycles. The number of halogens is 1. The molecule has 4 nitrogen and oxygen atoms in total. The number of nitrogens with zero attached hydrogens (tertiary/aromatic N) is 2. The molecule has 2 saturated heterocycles. The van der Waals surface area contributed by atoms with Gasteiger partial charge in [-0.2, -0.15) is 0 Å². The summed E-state index contributed by atoms with van der Waals surface area (Å²) in [5, 5.41) is 3.23. The van der Waals surface area contributed by atoms with Crippen LogP contribution in [0.15, 0.2) is 24.3 Å². The lowest BCUT2D eigenvalue weighted by molar-refractivity contribution is -0.132. The first-order valence-corrected chi connectivity index (χ1v) is 7.55. The maximum Gasteiger partial charge on any atom is 0.238 e. The zero-order valence-electron chi connectivity index (χ0n) is 12.6. The Morgan fingerprint density at radius 2 is 2.19 bits per heavy atom. The lowest BCUT2D eigenvalue weighted by Gasteiger charge is -2.42. The lowest BCUT2D eigenvalue weighted by Crippen LogP contribution is -2.50. The summed E-state index contributed by atoms with van der Waals surface area (Å²) in [4.78, 5) is 16.6. The van der Waals surface area contributed by atoms with Gasteiger partial charge >= 0.3 is 0 Å². The van der Waals surface area contributed by atoms with Gasteiger partial charge in [-0.25, -0.2) is 4.39 Å². The van der Waals surface area contributed by atoms with Crippen molar-refractivity contribution in [2.75, 3.05) is 26.7 Å². The molecular weight excluding hydrogens is 269 g/mol. The second kappa shape index (κ2) is 5.73. The first-order valence-electron chi connectivity index (χ1n) is 7.55. The Labute approximate surface area is 124 Å². The molecule has 3 unspecified atom stereocenters. The number of carbonyl (C=O) groups is 1. The molecule has 0 aliphatic carbocycles. The first kappa shape index (κ1) is 14.5. The highest BCUT2D eigenvalue weighted by Gasteiger charge is 2.40. The molecule has 0 radical (unpaired) electrons. The van der Waals surface area contributed by atoms with Gasteiger partial charge in [0.1, 0.15) is 12.0 Å². The third-order valence-corrected chi connectivity index (χ3v) is 4.60. The van der Waals surface area contributed by atoms with Gasteiger partial charge in [0.25, 0.3) is 0 Å². The van der Waals surface area contributed by atoms with Crippen LogP contribution in [0.4, 0.5) is 4.39 Å². The minimum absolute atomic E-state index is 0.116. The normalized spacial score (nSPS) is 30.9. The molecule has 3 rings (SSSR count). The van der Waals surface area contributed by atoms with E-state index in [4.69, 9.17) is 0 Å². The number of piperidine rings is 1. The molecule has 21 heavy (non-hydrogen) atoms. The van der Waals surface area contributed by atoms with Crippen LogP contribution in [0, 0.1) is 11.7 Å². The summed E-state index contributed by atoms with van der Waals surface area (Å²) >= 11 is 0. The SMILES string of the molecule is CC1CN(C)CCC1N1C(=O)CNC1c1cccc(F)c1. The third-order valence-electron chi connectivity index (χ3n) is 4.60. The molecule has 1 N–H and O–H groups in total. The van der Waals surface area contributed by atoms with Gasteiger partial charge in [-0.05, 0) is 43.6 Å². The summed E-state index contributed by atoms with van der Waals surface area (Å²) in [6, 6.07) is 6.75. The third kappa shape index (κ3) is 2.80. The quantitative estimate of drug-likeness (QED) is 0.899. The maximum absolute atomic E-state index is 13.5. The van der Waals surface area contributed by atoms with E-state index < -0.39 is 0 Å². The Hall–Kier alpha value is -1.46. The van der Waals surface area contributed by atoms with Crippen molar-refractivity contribution in [1.29, 1.82) is 0 Å². The number of likely N-dealkylation sites (tertiary alicyclic amines) is 1. The average Bonchev–Trinajstić information content (AvgIpc) is 2.81. The minimum atomic E-state index is -0.259. The predicted molar refractivity (Wildman–Crippen MR) is 79.1 cm³/mol. The van der Waals surface area contributed by atoms with Gasteiger partial charge in [-0.1, -0.05) is 19.1 Å². The summed E-state index contributed by atoms with van der Waals surface area (Å²) in [6.07, 6.45) is 0.765. The van der Waals surface area contributed by atoms with E-state index >= 15 is 0 Å². The van der Waals surface area contributed by atoms with Gasteiger partial charge in [0.15, 0.2) is 0 Å². The first-order chi connectivity index (χ1) is 10.1. The van der Waals surface area contributed by atoms with Gasteiger partial charge < -0.3 is 9.80 Å². The molecule has 2 aliphatic heterocycles. The van der Waals surface area contributed by atoms with Gasteiger partial charge in [-0.3, -0.25) is 10.1 Å². The zero-order chi connectivity index (χ0) is 15.0. The van der Waals surface area contributed by atoms with Crippen LogP contribution in [0.3, 0.4) is 0 Å². The van der Waals surface area contributed by atoms with Gasteiger partial charge in [0, 0.05) is 12.6 Å². The van der Waals surface area contributed by atoms with E-state index in [1.807, 2.05) is 11.0 Å². The van der Waals surface area contributed by atoms with Crippen LogP contribution in [0.1, 0.15) is 25.1 Å². The van der Waals surface area contributed by atoms with Crippen LogP contribution in [-0.4, -0.2) is 48.4 Å². The highest BCUT2D eigenvalue weighted by atomic mass is 19.1. The van der Waals surface area contributed by atoms with Gasteiger partial charge in [0.2, 0.25) is 5.91 Å². The van der Waals surface area contributed by atoms with Crippen molar-refractivity contribution in [3.8, 4) is 0 Å². The molecule has 0 spiro atoms. The number of hydrogen-bond acceptors (Lipinski definition) is 3. The van der Waals surface area contributed by atoms with Crippen molar-refractivity contribution < 1.29 is 9.18 Å². The molecule has 3 atom stereocenters. The zero-order valence-corrected chi connectivity index (χ0v) is 12.6. The molecule has 0 aromatic heterocycles. The molecule has 0 bridgehead atoms. The van der Waals surface area contributed by atoms with E-state index in [1.165, 1.54) is 12.1 Å². The largest absolute Gasteiger partial charge is 0.318 e. The number of rotatable bonds is 2. The van der Waals surface area contributed by atoms with E-state index in [-0.39, 0.29) is 23.9 Å². The van der Waals surface area contributed by atoms with Crippen molar-refractivity contribution in [2.45, 2.75) is 25.6 Å². The summed E-state index contributed by atoms with van der Waals surface area (Å²) in [5.41, 5.74) is 0.826. The fourth-order valence-corrected chi connectivity index (χ4v) is 3.60. The maximum atomic E-state index is 13.5. The van der Waals surface area contributed by atoms with Crippen LogP contribution < -0.4 is 5.32 Å². The minimum Gasteiger partial charge on any atom is -0.318 e. The molecule has 114 valence electrons. The van der Waals surface area contributed by atoms with Crippen LogP contribution >= 0.6 is 0 Å². The van der Waals surface area contributed by atoms with Crippen molar-refractivity contribution in [3.63, 3.8) is 0 Å². The van der Waals surface area contributed by atoms with Crippen molar-refractivity contribution in [1.82, 2.24) is 15.1 Å². The molecule has 2 aliphatic rings. The molecule has 1 amide bonds. The van der Waals surface area contributed by atoms with Gasteiger partial charge in [-0.15, -0.1) is 0 Å². The highest BCUT2D eigenvalue weighted by Crippen LogP contribution is 2.31. The number of benzene rings is 1. The number of nitrogens with one attached hydrogen (secondary N) is 1. The van der Waals surface area contributed by atoms with E-state index in [2.05, 4.69) is 24.2 Å². The molecule has 1 aromatic rings. The number of carbonyl (C=O) groups excluding carboxylic acids is 1. The van der Waals surface area contributed by atoms with Crippen molar-refractivity contribution in [2.24, 2.45) is 5.92 Å². The van der Waals surface area contributed by atoms with Crippen LogP contribution in [-0.2, 0) is 4.79 Å². The lowest BCUT2D eigenvalue weighted by atomic mass is 9.92. The molecular formula is C16H22FN3O. The van der Waals surface area contributed by atoms with Crippen molar-refractivity contribution >= 4 is 5.91 Å². The standard InChI is InChI=1S/C16H22FN3O/c1-11-10-19(2)7-6-14(11)20-15(21)9-18-16(20)12-4-3-5-13(17)8-12/h3-5,8,11,14,16,18H,6-7,9-10H2,1-2H3. The second-order valence-corrected chi connectivity index (χ2v) is 6.24. The summed E-state index contributed by atoms with van der Waals surface area (Å²) in [6.45, 7) is 4.51. The van der Waals surface area contributed by atoms with Crippen LogP contribution in [0.2, 0.25) is 0 Å². The summed E-state index contributed by atoms with van der Waals surface area (Å²) in [7, 11) is 2.11. The van der Waals surface area contributed by atoms with Crippen LogP contribution in [0.5, 0.6) is 0 Å². The fraction of sp³-hybridized carbons (Fsp3) is 0.562. The van der Waals surface area contributed by atoms with E-state index in [1.54, 1.807) is 6.07 Å². The molecule has 0 saturated carbocycles. The Morgan fingerprint density at radius 1 is 1.38 bits per heavy atom. The Kier molecular flexibility index (Phi) is 3.95. The summed E-state index contributed by atoms with van der Waals surface area (Å²) in [5.74, 6) is 0.277. The Bertz CT molecular complexity index is 536. The van der Waals surface area contributed by atoms with Crippen molar-refractivity contribution in [3.05, 3.63) is 35.6 Å². The Balaban J connectivity index is 1.86. The Morgan fingerprint density at radius 3 is 2.90 bits per heavy atom. The highest BCUT2D eigenvalue weighted by molar-refractivity contribution is 5.81. The van der Waals surface area contributed by atoms with Crippen LogP contribution in [0.25, 0.3) is 0 Å². The topological polar surface area (TPSA) is 35.6 Å². The average molecular weight is 291 g/mol. The van der Waals surface area contributed by atoms with E-state index in [9.17, 15) is 9.18 Å². The smallest absolute Gasteiger partial charge is 0.238 e. The molecule has 2 heterocycles. The van der Waals surface area contributed by atoms with E-state index in [0.717, 1.165) is 25.1 Å². The molecule has 2 fully saturated rings. The predicted octanol–water partition coefficient (Wildman–Crippen LogP) is 1.60.